The van der Waals surface area contributed by atoms with Gasteiger partial charge in [0.15, 0.2) is 8.38 Å². The van der Waals surface area contributed by atoms with Crippen molar-refractivity contribution < 1.29 is 24.0 Å². The maximum absolute atomic E-state index is 11.4. The Morgan fingerprint density at radius 1 is 0.852 bits per heavy atom. The van der Waals surface area contributed by atoms with E-state index in [9.17, 15) is 14.3 Å². The monoisotopic (exact) mass is 427 g/mol. The van der Waals surface area contributed by atoms with Gasteiger partial charge in [0.25, 0.3) is 0 Å². The number of hydrogen-bond donors (Lipinski definition) is 4. The number of rotatable bonds is 16. The summed E-state index contributed by atoms with van der Waals surface area (Å²) in [6, 6.07) is 0. The SMILES string of the molecule is CCC(=O)NCCCCCP(=O)(O)CP(O)O.CCCCCCCCCC. The highest BCUT2D eigenvalue weighted by Crippen LogP contribution is 2.50. The number of hydrogen-bond acceptors (Lipinski definition) is 4. The molecule has 1 unspecified atom stereocenters. The average Bonchev–Trinajstić information content (AvgIpc) is 2.60. The van der Waals surface area contributed by atoms with Crippen LogP contribution in [-0.4, -0.2) is 39.2 Å². The van der Waals surface area contributed by atoms with E-state index in [2.05, 4.69) is 19.2 Å². The zero-order valence-corrected chi connectivity index (χ0v) is 19.4. The van der Waals surface area contributed by atoms with Crippen LogP contribution in [0.25, 0.3) is 0 Å². The summed E-state index contributed by atoms with van der Waals surface area (Å²) >= 11 is 0. The largest absolute Gasteiger partial charge is 0.356 e. The van der Waals surface area contributed by atoms with Gasteiger partial charge in [-0.1, -0.05) is 78.6 Å². The van der Waals surface area contributed by atoms with Crippen LogP contribution in [0.5, 0.6) is 0 Å². The summed E-state index contributed by atoms with van der Waals surface area (Å²) in [5.41, 5.74) is 0. The standard InChI is InChI=1S/C10H22.C9H21NO5P2/c1-3-5-7-9-10-8-6-4-2;1-2-9(11)10-6-4-3-5-7-17(14,15)8-16(12)13/h3-10H2,1-2H3;12-13H,2-8H2,1H3,(H,10,11)(H,14,15). The van der Waals surface area contributed by atoms with Gasteiger partial charge in [-0.2, -0.15) is 0 Å². The van der Waals surface area contributed by atoms with E-state index in [1.807, 2.05) is 0 Å². The molecule has 0 aliphatic carbocycles. The van der Waals surface area contributed by atoms with Crippen LogP contribution in [0, 0.1) is 0 Å². The van der Waals surface area contributed by atoms with Crippen LogP contribution >= 0.6 is 15.7 Å². The minimum Gasteiger partial charge on any atom is -0.356 e. The van der Waals surface area contributed by atoms with Gasteiger partial charge in [-0.25, -0.2) is 0 Å². The van der Waals surface area contributed by atoms with Crippen molar-refractivity contribution in [3.8, 4) is 0 Å². The third kappa shape index (κ3) is 26.0. The summed E-state index contributed by atoms with van der Waals surface area (Å²) in [5, 5.41) is 2.71. The van der Waals surface area contributed by atoms with Crippen molar-refractivity contribution in [2.75, 3.05) is 18.6 Å². The van der Waals surface area contributed by atoms with Crippen LogP contribution in [0.15, 0.2) is 0 Å². The highest BCUT2D eigenvalue weighted by Gasteiger charge is 2.21. The average molecular weight is 428 g/mol. The lowest BCUT2D eigenvalue weighted by Gasteiger charge is -2.11. The van der Waals surface area contributed by atoms with Gasteiger partial charge in [0, 0.05) is 19.1 Å². The summed E-state index contributed by atoms with van der Waals surface area (Å²) < 4.78 is 11.4. The normalized spacial score (nSPS) is 13.0. The molecule has 0 spiro atoms. The summed E-state index contributed by atoms with van der Waals surface area (Å²) in [6.45, 7) is 6.90. The van der Waals surface area contributed by atoms with Crippen molar-refractivity contribution in [1.82, 2.24) is 5.32 Å². The van der Waals surface area contributed by atoms with Crippen LogP contribution in [0.3, 0.4) is 0 Å². The summed E-state index contributed by atoms with van der Waals surface area (Å²) in [7, 11) is -5.68. The summed E-state index contributed by atoms with van der Waals surface area (Å²) in [4.78, 5) is 37.5. The molecule has 0 aromatic heterocycles. The van der Waals surface area contributed by atoms with E-state index in [0.717, 1.165) is 12.8 Å². The van der Waals surface area contributed by atoms with E-state index >= 15 is 0 Å². The summed E-state index contributed by atoms with van der Waals surface area (Å²) in [6.07, 6.45) is 14.1. The minimum absolute atomic E-state index is 0.00373. The molecule has 0 aromatic rings. The number of carbonyl (C=O) groups excluding carboxylic acids is 1. The number of amides is 1. The molecule has 0 aliphatic heterocycles. The third-order valence-electron chi connectivity index (χ3n) is 4.13. The van der Waals surface area contributed by atoms with E-state index in [1.165, 1.54) is 51.4 Å². The van der Waals surface area contributed by atoms with Crippen molar-refractivity contribution in [2.45, 2.75) is 97.8 Å². The van der Waals surface area contributed by atoms with Gasteiger partial charge in [-0.15, -0.1) is 0 Å². The Kier molecular flexibility index (Phi) is 22.4. The van der Waals surface area contributed by atoms with Crippen LogP contribution < -0.4 is 5.32 Å². The molecule has 0 aliphatic rings. The van der Waals surface area contributed by atoms with Crippen LogP contribution in [0.1, 0.15) is 97.8 Å². The minimum atomic E-state index is -3.38. The van der Waals surface area contributed by atoms with Crippen molar-refractivity contribution in [2.24, 2.45) is 0 Å². The second-order valence-corrected chi connectivity index (χ2v) is 11.0. The Morgan fingerprint density at radius 2 is 1.33 bits per heavy atom. The molecular formula is C19H43NO5P2. The van der Waals surface area contributed by atoms with Gasteiger partial charge in [0.2, 0.25) is 13.3 Å². The molecule has 0 bridgehead atoms. The number of nitrogens with one attached hydrogen (secondary N) is 1. The molecule has 6 nitrogen and oxygen atoms in total. The lowest BCUT2D eigenvalue weighted by molar-refractivity contribution is -0.120. The fourth-order valence-corrected chi connectivity index (χ4v) is 5.35. The van der Waals surface area contributed by atoms with E-state index in [-0.39, 0.29) is 12.1 Å². The van der Waals surface area contributed by atoms with Crippen LogP contribution in [0.4, 0.5) is 0 Å². The molecule has 8 heteroatoms. The molecule has 0 aromatic carbocycles. The molecule has 0 heterocycles. The smallest absolute Gasteiger partial charge is 0.219 e. The lowest BCUT2D eigenvalue weighted by atomic mass is 10.1. The third-order valence-corrected chi connectivity index (χ3v) is 7.93. The first kappa shape index (κ1) is 29.2. The number of carbonyl (C=O) groups is 1. The molecule has 0 saturated heterocycles. The lowest BCUT2D eigenvalue weighted by Crippen LogP contribution is -2.23. The highest BCUT2D eigenvalue weighted by atomic mass is 31.2. The zero-order valence-electron chi connectivity index (χ0n) is 17.7. The van der Waals surface area contributed by atoms with Crippen molar-refractivity contribution >= 4 is 21.7 Å². The van der Waals surface area contributed by atoms with Gasteiger partial charge >= 0.3 is 0 Å². The highest BCUT2D eigenvalue weighted by molar-refractivity contribution is 7.70. The molecule has 27 heavy (non-hydrogen) atoms. The van der Waals surface area contributed by atoms with Gasteiger partial charge in [-0.05, 0) is 12.8 Å². The Labute approximate surface area is 167 Å². The maximum Gasteiger partial charge on any atom is 0.219 e. The van der Waals surface area contributed by atoms with E-state index in [0.29, 0.717) is 19.4 Å². The molecule has 1 amide bonds. The van der Waals surface area contributed by atoms with E-state index in [4.69, 9.17) is 9.79 Å². The van der Waals surface area contributed by atoms with E-state index < -0.39 is 21.6 Å². The van der Waals surface area contributed by atoms with Crippen molar-refractivity contribution in [3.63, 3.8) is 0 Å². The first-order valence-electron chi connectivity index (χ1n) is 10.5. The molecule has 0 fully saturated rings. The molecule has 0 saturated carbocycles. The second-order valence-electron chi connectivity index (χ2n) is 6.97. The first-order chi connectivity index (χ1) is 12.8. The predicted molar refractivity (Wildman–Crippen MR) is 116 cm³/mol. The van der Waals surface area contributed by atoms with Gasteiger partial charge in [-0.3, -0.25) is 9.36 Å². The Morgan fingerprint density at radius 3 is 1.78 bits per heavy atom. The van der Waals surface area contributed by atoms with Crippen LogP contribution in [-0.2, 0) is 9.36 Å². The topological polar surface area (TPSA) is 107 Å². The van der Waals surface area contributed by atoms with E-state index in [1.54, 1.807) is 6.92 Å². The maximum atomic E-state index is 11.4. The van der Waals surface area contributed by atoms with Crippen molar-refractivity contribution in [1.29, 1.82) is 0 Å². The fraction of sp³-hybridized carbons (Fsp3) is 0.947. The Bertz CT molecular complexity index is 373. The Hall–Kier alpha value is 0.01000. The summed E-state index contributed by atoms with van der Waals surface area (Å²) in [5.74, 6) is -0.404. The molecular weight excluding hydrogens is 384 g/mol. The molecule has 1 atom stereocenters. The van der Waals surface area contributed by atoms with Gasteiger partial charge in [0.1, 0.15) is 0 Å². The number of unbranched alkanes of at least 4 members (excludes halogenated alkanes) is 9. The molecule has 0 radical (unpaired) electrons. The van der Waals surface area contributed by atoms with Gasteiger partial charge < -0.3 is 20.0 Å². The zero-order chi connectivity index (χ0) is 21.0. The second kappa shape index (κ2) is 20.7. The molecule has 164 valence electrons. The Balaban J connectivity index is 0. The quantitative estimate of drug-likeness (QED) is 0.196. The first-order valence-corrected chi connectivity index (χ1v) is 14.0. The molecule has 0 rings (SSSR count). The van der Waals surface area contributed by atoms with Gasteiger partial charge in [0.05, 0.1) is 5.90 Å². The predicted octanol–water partition coefficient (Wildman–Crippen LogP) is 5.35. The molecule has 4 N–H and O–H groups in total. The fourth-order valence-electron chi connectivity index (χ4n) is 2.49. The van der Waals surface area contributed by atoms with Crippen molar-refractivity contribution in [3.05, 3.63) is 0 Å². The van der Waals surface area contributed by atoms with Crippen LogP contribution in [0.2, 0.25) is 0 Å².